The van der Waals surface area contributed by atoms with Gasteiger partial charge in [0.05, 0.1) is 33.3 Å². The Kier molecular flexibility index (Phi) is 5.48. The van der Waals surface area contributed by atoms with Crippen molar-refractivity contribution in [2.45, 2.75) is 29.1 Å². The summed E-state index contributed by atoms with van der Waals surface area (Å²) in [4.78, 5) is 13.4. The fraction of sp³-hybridized carbons (Fsp3) is 0.0638. The third kappa shape index (κ3) is 3.58. The lowest BCUT2D eigenvalue weighted by molar-refractivity contribution is 0.661. The lowest BCUT2D eigenvalue weighted by atomic mass is 9.82. The molecule has 52 heavy (non-hydrogen) atoms. The SMILES string of the molecule is CC1(C)c2ccccc2-c2cc3c4ccc5c(c6ccccc6n5-c5ccccc5)c4n(-c4nc5c6c(cccc6n4)Sc4ccccc4-5)c3cc21. The maximum atomic E-state index is 5.57. The molecule has 0 atom stereocenters. The van der Waals surface area contributed by atoms with Gasteiger partial charge in [-0.15, -0.1) is 0 Å². The zero-order chi connectivity index (χ0) is 34.3. The minimum absolute atomic E-state index is 0.151. The van der Waals surface area contributed by atoms with Crippen LogP contribution in [0.2, 0.25) is 0 Å². The molecule has 4 nitrogen and oxygen atoms in total. The predicted molar refractivity (Wildman–Crippen MR) is 215 cm³/mol. The first-order chi connectivity index (χ1) is 25.6. The van der Waals surface area contributed by atoms with Crippen LogP contribution in [0.4, 0.5) is 0 Å². The molecule has 0 fully saturated rings. The van der Waals surface area contributed by atoms with Crippen LogP contribution >= 0.6 is 11.8 Å². The van der Waals surface area contributed by atoms with Gasteiger partial charge in [0.1, 0.15) is 0 Å². The molecule has 5 heteroatoms. The molecule has 0 saturated heterocycles. The van der Waals surface area contributed by atoms with Crippen LogP contribution in [-0.2, 0) is 5.41 Å². The minimum atomic E-state index is -0.151. The number of benzene rings is 7. The monoisotopic (exact) mass is 682 g/mol. The first-order valence-corrected chi connectivity index (χ1v) is 18.7. The van der Waals surface area contributed by atoms with Crippen molar-refractivity contribution < 1.29 is 0 Å². The van der Waals surface area contributed by atoms with Crippen molar-refractivity contribution in [2.75, 3.05) is 0 Å². The van der Waals surface area contributed by atoms with E-state index in [0.29, 0.717) is 5.95 Å². The summed E-state index contributed by atoms with van der Waals surface area (Å²) in [6.07, 6.45) is 0. The van der Waals surface area contributed by atoms with Crippen LogP contribution in [-0.4, -0.2) is 19.1 Å². The molecule has 0 saturated carbocycles. The molecule has 12 rings (SSSR count). The minimum Gasteiger partial charge on any atom is -0.309 e. The Morgan fingerprint density at radius 3 is 2.17 bits per heavy atom. The van der Waals surface area contributed by atoms with Crippen LogP contribution in [0.5, 0.6) is 0 Å². The molecule has 0 bridgehead atoms. The zero-order valence-electron chi connectivity index (χ0n) is 28.6. The molecule has 7 aromatic carbocycles. The molecule has 10 aromatic rings. The molecule has 4 heterocycles. The quantitative estimate of drug-likeness (QED) is 0.182. The van der Waals surface area contributed by atoms with Crippen molar-refractivity contribution in [1.82, 2.24) is 19.1 Å². The maximum Gasteiger partial charge on any atom is 0.235 e. The number of hydrogen-bond acceptors (Lipinski definition) is 3. The highest BCUT2D eigenvalue weighted by Crippen LogP contribution is 2.52. The Balaban J connectivity index is 1.29. The largest absolute Gasteiger partial charge is 0.309 e. The van der Waals surface area contributed by atoms with E-state index in [1.165, 1.54) is 59.1 Å². The summed E-state index contributed by atoms with van der Waals surface area (Å²) in [5.41, 5.74) is 14.0. The van der Waals surface area contributed by atoms with Crippen LogP contribution in [0.25, 0.3) is 88.5 Å². The van der Waals surface area contributed by atoms with Crippen LogP contribution in [0.3, 0.4) is 0 Å². The highest BCUT2D eigenvalue weighted by atomic mass is 32.2. The van der Waals surface area contributed by atoms with Crippen molar-refractivity contribution >= 4 is 66.3 Å². The van der Waals surface area contributed by atoms with Gasteiger partial charge in [-0.25, -0.2) is 9.97 Å². The second kappa shape index (κ2) is 9.99. The van der Waals surface area contributed by atoms with Gasteiger partial charge in [0.15, 0.2) is 0 Å². The summed E-state index contributed by atoms with van der Waals surface area (Å²) >= 11 is 1.81. The zero-order valence-corrected chi connectivity index (χ0v) is 29.4. The van der Waals surface area contributed by atoms with E-state index in [1.54, 1.807) is 11.8 Å². The average Bonchev–Trinajstić information content (AvgIpc) is 3.77. The van der Waals surface area contributed by atoms with Gasteiger partial charge in [-0.3, -0.25) is 4.57 Å². The topological polar surface area (TPSA) is 35.6 Å². The van der Waals surface area contributed by atoms with Crippen molar-refractivity contribution in [3.63, 3.8) is 0 Å². The Bertz CT molecular complexity index is 3180. The lowest BCUT2D eigenvalue weighted by Crippen LogP contribution is -2.15. The van der Waals surface area contributed by atoms with E-state index in [2.05, 4.69) is 169 Å². The molecule has 0 radical (unpaired) electrons. The third-order valence-electron chi connectivity index (χ3n) is 11.5. The Hall–Kier alpha value is -6.17. The molecule has 0 N–H and O–H groups in total. The molecule has 0 unspecified atom stereocenters. The Morgan fingerprint density at radius 1 is 0.500 bits per heavy atom. The van der Waals surface area contributed by atoms with E-state index < -0.39 is 0 Å². The average molecular weight is 683 g/mol. The van der Waals surface area contributed by atoms with Crippen LogP contribution < -0.4 is 0 Å². The first kappa shape index (κ1) is 28.5. The lowest BCUT2D eigenvalue weighted by Gasteiger charge is -2.22. The molecular weight excluding hydrogens is 653 g/mol. The van der Waals surface area contributed by atoms with Gasteiger partial charge < -0.3 is 4.57 Å². The number of para-hydroxylation sites is 2. The number of aromatic nitrogens is 4. The highest BCUT2D eigenvalue weighted by molar-refractivity contribution is 7.99. The van der Waals surface area contributed by atoms with Gasteiger partial charge in [0.2, 0.25) is 5.95 Å². The van der Waals surface area contributed by atoms with Gasteiger partial charge >= 0.3 is 0 Å². The molecule has 0 spiro atoms. The van der Waals surface area contributed by atoms with E-state index in [4.69, 9.17) is 9.97 Å². The predicted octanol–water partition coefficient (Wildman–Crippen LogP) is 12.3. The van der Waals surface area contributed by atoms with Gasteiger partial charge in [-0.1, -0.05) is 117 Å². The highest BCUT2D eigenvalue weighted by Gasteiger charge is 2.36. The third-order valence-corrected chi connectivity index (χ3v) is 12.7. The standard InChI is InChI=1S/C47H30N4S/c1-47(2)34-18-9-6-15-28(34)32-25-33-29-23-24-38-42(30-16-7-10-20-37(30)50(38)27-13-4-3-5-14-27)45(29)51(39(33)26-35(32)47)46-48-36-19-12-22-41-43(36)44(49-46)31-17-8-11-21-40(31)52-41/h3-26H,1-2H3. The molecule has 2 aliphatic rings. The summed E-state index contributed by atoms with van der Waals surface area (Å²) in [5, 5.41) is 5.95. The van der Waals surface area contributed by atoms with Gasteiger partial charge in [-0.2, -0.15) is 0 Å². The van der Waals surface area contributed by atoms with Gasteiger partial charge in [0.25, 0.3) is 0 Å². The fourth-order valence-corrected chi connectivity index (χ4v) is 10.3. The van der Waals surface area contributed by atoms with Crippen molar-refractivity contribution in [2.24, 2.45) is 0 Å². The number of fused-ring (bicyclic) bond motifs is 12. The van der Waals surface area contributed by atoms with Crippen LogP contribution in [0, 0.1) is 0 Å². The summed E-state index contributed by atoms with van der Waals surface area (Å²) in [5.74, 6) is 0.693. The molecule has 0 amide bonds. The summed E-state index contributed by atoms with van der Waals surface area (Å²) in [6.45, 7) is 4.71. The van der Waals surface area contributed by atoms with E-state index in [0.717, 1.165) is 44.4 Å². The summed E-state index contributed by atoms with van der Waals surface area (Å²) < 4.78 is 4.78. The fourth-order valence-electron chi connectivity index (χ4n) is 9.20. The number of rotatable bonds is 2. The van der Waals surface area contributed by atoms with Crippen molar-refractivity contribution in [1.29, 1.82) is 0 Å². The normalized spacial score (nSPS) is 14.0. The van der Waals surface area contributed by atoms with E-state index >= 15 is 0 Å². The Labute approximate surface area is 304 Å². The van der Waals surface area contributed by atoms with Gasteiger partial charge in [-0.05, 0) is 76.9 Å². The number of hydrogen-bond donors (Lipinski definition) is 0. The Morgan fingerprint density at radius 2 is 1.27 bits per heavy atom. The second-order valence-corrected chi connectivity index (χ2v) is 15.7. The number of nitrogens with zero attached hydrogens (tertiary/aromatic N) is 4. The summed E-state index contributed by atoms with van der Waals surface area (Å²) in [6, 6.07) is 53.0. The first-order valence-electron chi connectivity index (χ1n) is 17.8. The smallest absolute Gasteiger partial charge is 0.235 e. The van der Waals surface area contributed by atoms with E-state index in [9.17, 15) is 0 Å². The van der Waals surface area contributed by atoms with Crippen molar-refractivity contribution in [3.05, 3.63) is 157 Å². The molecule has 3 aromatic heterocycles. The van der Waals surface area contributed by atoms with E-state index in [-0.39, 0.29) is 5.41 Å². The van der Waals surface area contributed by atoms with E-state index in [1.807, 2.05) is 0 Å². The maximum absolute atomic E-state index is 5.57. The van der Waals surface area contributed by atoms with Crippen LogP contribution in [0.1, 0.15) is 25.0 Å². The van der Waals surface area contributed by atoms with Crippen molar-refractivity contribution in [3.8, 4) is 34.0 Å². The molecule has 1 aliphatic carbocycles. The molecular formula is C47H30N4S. The van der Waals surface area contributed by atoms with Crippen LogP contribution in [0.15, 0.2) is 155 Å². The molecule has 244 valence electrons. The molecule has 1 aliphatic heterocycles. The summed E-state index contributed by atoms with van der Waals surface area (Å²) in [7, 11) is 0. The second-order valence-electron chi connectivity index (χ2n) is 14.6. The van der Waals surface area contributed by atoms with Gasteiger partial charge in [0, 0.05) is 53.4 Å².